The van der Waals surface area contributed by atoms with Gasteiger partial charge < -0.3 is 14.4 Å². The Morgan fingerprint density at radius 2 is 2.09 bits per heavy atom. The molecule has 1 atom stereocenters. The van der Waals surface area contributed by atoms with Crippen molar-refractivity contribution in [3.63, 3.8) is 0 Å². The van der Waals surface area contributed by atoms with E-state index in [-0.39, 0.29) is 11.9 Å². The SMILES string of the molecule is COC(=O)c1ccc(N(C)C(C)c2cnn(C)c2)nc1OC. The zero-order valence-electron chi connectivity index (χ0n) is 13.4. The van der Waals surface area contributed by atoms with Crippen molar-refractivity contribution in [1.29, 1.82) is 0 Å². The Morgan fingerprint density at radius 3 is 2.64 bits per heavy atom. The van der Waals surface area contributed by atoms with Crippen LogP contribution in [0.3, 0.4) is 0 Å². The van der Waals surface area contributed by atoms with Crippen molar-refractivity contribution in [3.05, 3.63) is 35.7 Å². The van der Waals surface area contributed by atoms with Gasteiger partial charge in [0.1, 0.15) is 11.4 Å². The third kappa shape index (κ3) is 3.03. The molecule has 2 heterocycles. The number of methoxy groups -OCH3 is 2. The number of ether oxygens (including phenoxy) is 2. The zero-order valence-corrected chi connectivity index (χ0v) is 13.4. The summed E-state index contributed by atoms with van der Waals surface area (Å²) >= 11 is 0. The highest BCUT2D eigenvalue weighted by Gasteiger charge is 2.19. The van der Waals surface area contributed by atoms with Gasteiger partial charge in [-0.1, -0.05) is 0 Å². The van der Waals surface area contributed by atoms with E-state index in [1.807, 2.05) is 31.4 Å². The van der Waals surface area contributed by atoms with E-state index in [0.29, 0.717) is 11.4 Å². The molecule has 0 aromatic carbocycles. The normalized spacial score (nSPS) is 11.9. The monoisotopic (exact) mass is 304 g/mol. The summed E-state index contributed by atoms with van der Waals surface area (Å²) in [5.41, 5.74) is 1.37. The minimum atomic E-state index is -0.473. The second-order valence-corrected chi connectivity index (χ2v) is 4.95. The Balaban J connectivity index is 2.30. The van der Waals surface area contributed by atoms with Crippen LogP contribution in [0.25, 0.3) is 0 Å². The summed E-state index contributed by atoms with van der Waals surface area (Å²) in [4.78, 5) is 18.0. The molecule has 1 unspecified atom stereocenters. The first-order valence-corrected chi connectivity index (χ1v) is 6.82. The molecule has 0 bridgehead atoms. The van der Waals surface area contributed by atoms with Crippen molar-refractivity contribution in [2.75, 3.05) is 26.2 Å². The van der Waals surface area contributed by atoms with Gasteiger partial charge in [-0.05, 0) is 19.1 Å². The van der Waals surface area contributed by atoms with Crippen LogP contribution in [0.1, 0.15) is 28.9 Å². The van der Waals surface area contributed by atoms with Gasteiger partial charge >= 0.3 is 5.97 Å². The molecule has 2 aromatic heterocycles. The summed E-state index contributed by atoms with van der Waals surface area (Å²) in [5.74, 6) is 0.467. The fourth-order valence-electron chi connectivity index (χ4n) is 2.13. The molecule has 0 N–H and O–H groups in total. The second kappa shape index (κ2) is 6.46. The molecule has 0 aliphatic heterocycles. The summed E-state index contributed by atoms with van der Waals surface area (Å²) in [6, 6.07) is 3.50. The average molecular weight is 304 g/mol. The number of anilines is 1. The molecule has 118 valence electrons. The van der Waals surface area contributed by atoms with Crippen LogP contribution in [-0.4, -0.2) is 42.0 Å². The van der Waals surface area contributed by atoms with Crippen molar-refractivity contribution in [1.82, 2.24) is 14.8 Å². The summed E-state index contributed by atoms with van der Waals surface area (Å²) in [6.45, 7) is 2.05. The molecule has 0 saturated carbocycles. The highest BCUT2D eigenvalue weighted by Crippen LogP contribution is 2.27. The van der Waals surface area contributed by atoms with Gasteiger partial charge in [0.2, 0.25) is 5.88 Å². The third-order valence-electron chi connectivity index (χ3n) is 3.59. The number of carbonyl (C=O) groups is 1. The third-order valence-corrected chi connectivity index (χ3v) is 3.59. The van der Waals surface area contributed by atoms with Crippen LogP contribution in [0.5, 0.6) is 5.88 Å². The minimum Gasteiger partial charge on any atom is -0.480 e. The molecule has 22 heavy (non-hydrogen) atoms. The standard InChI is InChI=1S/C15H20N4O3/c1-10(11-8-16-18(2)9-11)19(3)13-7-6-12(15(20)22-5)14(17-13)21-4/h6-10H,1-5H3. The number of hydrogen-bond donors (Lipinski definition) is 0. The first-order valence-electron chi connectivity index (χ1n) is 6.82. The molecule has 0 fully saturated rings. The lowest BCUT2D eigenvalue weighted by Crippen LogP contribution is -2.23. The van der Waals surface area contributed by atoms with Crippen LogP contribution >= 0.6 is 0 Å². The van der Waals surface area contributed by atoms with Crippen molar-refractivity contribution >= 4 is 11.8 Å². The molecule has 0 radical (unpaired) electrons. The van der Waals surface area contributed by atoms with E-state index < -0.39 is 5.97 Å². The Morgan fingerprint density at radius 1 is 1.36 bits per heavy atom. The number of hydrogen-bond acceptors (Lipinski definition) is 6. The number of rotatable bonds is 5. The molecule has 7 nitrogen and oxygen atoms in total. The molecular weight excluding hydrogens is 284 g/mol. The van der Waals surface area contributed by atoms with Crippen molar-refractivity contribution in [2.24, 2.45) is 7.05 Å². The van der Waals surface area contributed by atoms with Gasteiger partial charge in [0.05, 0.1) is 26.5 Å². The van der Waals surface area contributed by atoms with E-state index in [2.05, 4.69) is 17.0 Å². The van der Waals surface area contributed by atoms with Crippen molar-refractivity contribution < 1.29 is 14.3 Å². The van der Waals surface area contributed by atoms with Crippen molar-refractivity contribution in [3.8, 4) is 5.88 Å². The van der Waals surface area contributed by atoms with Gasteiger partial charge in [0.25, 0.3) is 0 Å². The second-order valence-electron chi connectivity index (χ2n) is 4.95. The maximum atomic E-state index is 11.7. The number of pyridine rings is 1. The molecule has 0 spiro atoms. The molecule has 2 rings (SSSR count). The first-order chi connectivity index (χ1) is 10.5. The highest BCUT2D eigenvalue weighted by molar-refractivity contribution is 5.92. The van der Waals surface area contributed by atoms with Gasteiger partial charge in [0, 0.05) is 25.9 Å². The highest BCUT2D eigenvalue weighted by atomic mass is 16.5. The number of esters is 1. The summed E-state index contributed by atoms with van der Waals surface area (Å²) in [6.07, 6.45) is 3.78. The maximum absolute atomic E-state index is 11.7. The summed E-state index contributed by atoms with van der Waals surface area (Å²) in [7, 11) is 6.61. The Hall–Kier alpha value is -2.57. The maximum Gasteiger partial charge on any atom is 0.343 e. The summed E-state index contributed by atoms with van der Waals surface area (Å²) < 4.78 is 11.7. The first kappa shape index (κ1) is 15.8. The van der Waals surface area contributed by atoms with Crippen LogP contribution in [-0.2, 0) is 11.8 Å². The van der Waals surface area contributed by atoms with E-state index in [1.165, 1.54) is 14.2 Å². The Bertz CT molecular complexity index is 669. The van der Waals surface area contributed by atoms with Crippen LogP contribution in [0, 0.1) is 0 Å². The summed E-state index contributed by atoms with van der Waals surface area (Å²) in [5, 5.41) is 4.18. The molecule has 7 heteroatoms. The van der Waals surface area contributed by atoms with Crippen LogP contribution in [0.15, 0.2) is 24.5 Å². The largest absolute Gasteiger partial charge is 0.480 e. The van der Waals surface area contributed by atoms with E-state index >= 15 is 0 Å². The van der Waals surface area contributed by atoms with Crippen molar-refractivity contribution in [2.45, 2.75) is 13.0 Å². The molecule has 0 aliphatic rings. The number of carbonyl (C=O) groups excluding carboxylic acids is 1. The molecule has 0 saturated heterocycles. The van der Waals surface area contributed by atoms with Gasteiger partial charge in [-0.25, -0.2) is 4.79 Å². The van der Waals surface area contributed by atoms with Gasteiger partial charge in [-0.2, -0.15) is 10.1 Å². The fraction of sp³-hybridized carbons (Fsp3) is 0.400. The lowest BCUT2D eigenvalue weighted by atomic mass is 10.1. The van der Waals surface area contributed by atoms with Gasteiger partial charge in [-0.15, -0.1) is 0 Å². The Kier molecular flexibility index (Phi) is 4.65. The lowest BCUT2D eigenvalue weighted by molar-refractivity contribution is 0.0596. The number of aryl methyl sites for hydroxylation is 1. The predicted molar refractivity (Wildman–Crippen MR) is 82.2 cm³/mol. The number of nitrogens with zero attached hydrogens (tertiary/aromatic N) is 4. The smallest absolute Gasteiger partial charge is 0.343 e. The average Bonchev–Trinajstić information content (AvgIpc) is 2.98. The van der Waals surface area contributed by atoms with Crippen LogP contribution in [0.2, 0.25) is 0 Å². The molecule has 0 amide bonds. The molecule has 0 aliphatic carbocycles. The van der Waals surface area contributed by atoms with E-state index in [0.717, 1.165) is 5.56 Å². The van der Waals surface area contributed by atoms with Gasteiger partial charge in [-0.3, -0.25) is 4.68 Å². The molecule has 2 aromatic rings. The van der Waals surface area contributed by atoms with E-state index in [4.69, 9.17) is 9.47 Å². The molecular formula is C15H20N4O3. The fourth-order valence-corrected chi connectivity index (χ4v) is 2.13. The van der Waals surface area contributed by atoms with Gasteiger partial charge in [0.15, 0.2) is 0 Å². The van der Waals surface area contributed by atoms with E-state index in [9.17, 15) is 4.79 Å². The van der Waals surface area contributed by atoms with Crippen LogP contribution in [0.4, 0.5) is 5.82 Å². The van der Waals surface area contributed by atoms with E-state index in [1.54, 1.807) is 16.8 Å². The zero-order chi connectivity index (χ0) is 16.3. The van der Waals surface area contributed by atoms with Crippen LogP contribution < -0.4 is 9.64 Å². The lowest BCUT2D eigenvalue weighted by Gasteiger charge is -2.25. The quantitative estimate of drug-likeness (QED) is 0.785. The minimum absolute atomic E-state index is 0.0786. The predicted octanol–water partition coefficient (Wildman–Crippen LogP) is 1.81. The Labute approximate surface area is 129 Å². The number of aromatic nitrogens is 3. The topological polar surface area (TPSA) is 69.5 Å².